The first-order chi connectivity index (χ1) is 9.93. The lowest BCUT2D eigenvalue weighted by atomic mass is 9.92. The highest BCUT2D eigenvalue weighted by atomic mass is 127. The summed E-state index contributed by atoms with van der Waals surface area (Å²) in [5.41, 5.74) is 1.18. The monoisotopic (exact) mass is 402 g/mol. The Hall–Kier alpha value is -0.590. The fourth-order valence-electron chi connectivity index (χ4n) is 2.53. The quantitative estimate of drug-likeness (QED) is 0.767. The first kappa shape index (κ1) is 16.8. The molecular weight excluding hydrogens is 375 g/mol. The van der Waals surface area contributed by atoms with E-state index in [1.165, 1.54) is 19.3 Å². The molecule has 1 aromatic rings. The van der Waals surface area contributed by atoms with Crippen molar-refractivity contribution in [3.05, 3.63) is 9.26 Å². The van der Waals surface area contributed by atoms with Crippen LogP contribution in [-0.2, 0) is 5.41 Å². The van der Waals surface area contributed by atoms with Crippen LogP contribution in [0.1, 0.15) is 59.1 Å². The smallest absolute Gasteiger partial charge is 0.227 e. The maximum atomic E-state index is 4.90. The van der Waals surface area contributed by atoms with Crippen molar-refractivity contribution >= 4 is 34.4 Å². The van der Waals surface area contributed by atoms with E-state index < -0.39 is 0 Å². The van der Waals surface area contributed by atoms with Gasteiger partial charge in [-0.15, -0.1) is 0 Å². The first-order valence-corrected chi connectivity index (χ1v) is 9.08. The largest absolute Gasteiger partial charge is 0.369 e. The highest BCUT2D eigenvalue weighted by molar-refractivity contribution is 14.1. The Bertz CT molecular complexity index is 476. The number of piperidine rings is 1. The molecule has 2 rings (SSSR count). The summed E-state index contributed by atoms with van der Waals surface area (Å²) in [4.78, 5) is 12.0. The van der Waals surface area contributed by atoms with Crippen molar-refractivity contribution in [1.82, 2.24) is 9.97 Å². The van der Waals surface area contributed by atoms with E-state index in [-0.39, 0.29) is 5.41 Å². The summed E-state index contributed by atoms with van der Waals surface area (Å²) >= 11 is 2.39. The van der Waals surface area contributed by atoms with Crippen molar-refractivity contribution in [2.75, 3.05) is 29.9 Å². The van der Waals surface area contributed by atoms with E-state index in [0.29, 0.717) is 0 Å². The second kappa shape index (κ2) is 7.11. The third-order valence-electron chi connectivity index (χ3n) is 3.73. The summed E-state index contributed by atoms with van der Waals surface area (Å²) in [6.45, 7) is 12.0. The molecule has 21 heavy (non-hydrogen) atoms. The lowest BCUT2D eigenvalue weighted by Crippen LogP contribution is -2.32. The molecule has 0 amide bonds. The summed E-state index contributed by atoms with van der Waals surface area (Å²) in [5.74, 6) is 1.90. The van der Waals surface area contributed by atoms with Crippen molar-refractivity contribution in [2.24, 2.45) is 0 Å². The van der Waals surface area contributed by atoms with Crippen LogP contribution < -0.4 is 10.2 Å². The second-order valence-electron chi connectivity index (χ2n) is 6.76. The highest BCUT2D eigenvalue weighted by Crippen LogP contribution is 2.31. The van der Waals surface area contributed by atoms with Crippen LogP contribution in [-0.4, -0.2) is 29.6 Å². The van der Waals surface area contributed by atoms with Crippen LogP contribution in [0.3, 0.4) is 0 Å². The van der Waals surface area contributed by atoms with E-state index in [4.69, 9.17) is 9.97 Å². The van der Waals surface area contributed by atoms with Crippen LogP contribution in [0, 0.1) is 3.57 Å². The molecule has 1 aromatic heterocycles. The molecular formula is C16H27IN4. The summed E-state index contributed by atoms with van der Waals surface area (Å²) in [5, 5.41) is 3.47. The molecule has 4 nitrogen and oxygen atoms in total. The van der Waals surface area contributed by atoms with Crippen molar-refractivity contribution in [2.45, 2.75) is 58.8 Å². The standard InChI is InChI=1S/C16H27IN4/c1-5-9-18-14-12(17)13(16(2,3)4)19-15(20-14)21-10-7-6-8-11-21/h5-11H2,1-4H3,(H,18,19,20). The average Bonchev–Trinajstić information content (AvgIpc) is 2.46. The van der Waals surface area contributed by atoms with Gasteiger partial charge in [-0.3, -0.25) is 0 Å². The number of nitrogens with one attached hydrogen (secondary N) is 1. The number of anilines is 2. The summed E-state index contributed by atoms with van der Waals surface area (Å²) in [7, 11) is 0. The average molecular weight is 402 g/mol. The molecule has 1 saturated heterocycles. The first-order valence-electron chi connectivity index (χ1n) is 8.00. The van der Waals surface area contributed by atoms with Crippen LogP contribution >= 0.6 is 22.6 Å². The Morgan fingerprint density at radius 1 is 1.14 bits per heavy atom. The van der Waals surface area contributed by atoms with Gasteiger partial charge in [0.25, 0.3) is 0 Å². The van der Waals surface area contributed by atoms with E-state index >= 15 is 0 Å². The van der Waals surface area contributed by atoms with Crippen LogP contribution in [0.25, 0.3) is 0 Å². The van der Waals surface area contributed by atoms with E-state index in [9.17, 15) is 0 Å². The lowest BCUT2D eigenvalue weighted by Gasteiger charge is -2.29. The SMILES string of the molecule is CCCNc1nc(N2CCCCC2)nc(C(C)(C)C)c1I. The molecule has 1 fully saturated rings. The fraction of sp³-hybridized carbons (Fsp3) is 0.750. The molecule has 0 aliphatic carbocycles. The third-order valence-corrected chi connectivity index (χ3v) is 4.75. The molecule has 0 unspecified atom stereocenters. The van der Waals surface area contributed by atoms with Gasteiger partial charge < -0.3 is 10.2 Å². The minimum atomic E-state index is 0.0344. The summed E-state index contributed by atoms with van der Waals surface area (Å²) in [6.07, 6.45) is 4.92. The Kier molecular flexibility index (Phi) is 5.68. The summed E-state index contributed by atoms with van der Waals surface area (Å²) < 4.78 is 1.16. The van der Waals surface area contributed by atoms with Crippen molar-refractivity contribution in [3.63, 3.8) is 0 Å². The molecule has 2 heterocycles. The molecule has 0 spiro atoms. The topological polar surface area (TPSA) is 41.1 Å². The molecule has 5 heteroatoms. The van der Waals surface area contributed by atoms with Crippen LogP contribution in [0.2, 0.25) is 0 Å². The van der Waals surface area contributed by atoms with Crippen molar-refractivity contribution in [3.8, 4) is 0 Å². The van der Waals surface area contributed by atoms with Gasteiger partial charge in [0.1, 0.15) is 5.82 Å². The van der Waals surface area contributed by atoms with Gasteiger partial charge in [-0.2, -0.15) is 4.98 Å². The predicted octanol–water partition coefficient (Wildman–Crippen LogP) is 4.19. The number of halogens is 1. The van der Waals surface area contributed by atoms with E-state index in [0.717, 1.165) is 47.1 Å². The highest BCUT2D eigenvalue weighted by Gasteiger charge is 2.25. The molecule has 0 aromatic carbocycles. The number of hydrogen-bond donors (Lipinski definition) is 1. The zero-order valence-corrected chi connectivity index (χ0v) is 15.8. The van der Waals surface area contributed by atoms with Crippen molar-refractivity contribution in [1.29, 1.82) is 0 Å². The van der Waals surface area contributed by atoms with Gasteiger partial charge >= 0.3 is 0 Å². The van der Waals surface area contributed by atoms with E-state index in [1.807, 2.05) is 0 Å². The second-order valence-corrected chi connectivity index (χ2v) is 7.84. The van der Waals surface area contributed by atoms with Gasteiger partial charge in [0.05, 0.1) is 9.26 Å². The van der Waals surface area contributed by atoms with Crippen LogP contribution in [0.15, 0.2) is 0 Å². The van der Waals surface area contributed by atoms with Crippen molar-refractivity contribution < 1.29 is 0 Å². The Morgan fingerprint density at radius 2 is 1.81 bits per heavy atom. The van der Waals surface area contributed by atoms with Gasteiger partial charge in [-0.1, -0.05) is 27.7 Å². The number of aromatic nitrogens is 2. The number of nitrogens with zero attached hydrogens (tertiary/aromatic N) is 3. The zero-order valence-electron chi connectivity index (χ0n) is 13.7. The molecule has 0 radical (unpaired) electrons. The minimum Gasteiger partial charge on any atom is -0.369 e. The zero-order chi connectivity index (χ0) is 15.5. The Balaban J connectivity index is 2.39. The van der Waals surface area contributed by atoms with E-state index in [1.54, 1.807) is 0 Å². The fourth-order valence-corrected chi connectivity index (χ4v) is 3.77. The Morgan fingerprint density at radius 3 is 2.38 bits per heavy atom. The van der Waals surface area contributed by atoms with Gasteiger partial charge in [0.15, 0.2) is 0 Å². The van der Waals surface area contributed by atoms with Gasteiger partial charge in [-0.05, 0) is 48.3 Å². The molecule has 1 aliphatic rings. The molecule has 0 bridgehead atoms. The number of hydrogen-bond acceptors (Lipinski definition) is 4. The molecule has 1 aliphatic heterocycles. The van der Waals surface area contributed by atoms with Gasteiger partial charge in [-0.25, -0.2) is 4.98 Å². The molecule has 1 N–H and O–H groups in total. The normalized spacial score (nSPS) is 16.1. The van der Waals surface area contributed by atoms with Crippen LogP contribution in [0.5, 0.6) is 0 Å². The molecule has 0 atom stereocenters. The maximum absolute atomic E-state index is 4.90. The van der Waals surface area contributed by atoms with Gasteiger partial charge in [0, 0.05) is 25.0 Å². The van der Waals surface area contributed by atoms with Crippen LogP contribution in [0.4, 0.5) is 11.8 Å². The van der Waals surface area contributed by atoms with Gasteiger partial charge in [0.2, 0.25) is 5.95 Å². The third kappa shape index (κ3) is 4.20. The Labute approximate surface area is 142 Å². The summed E-state index contributed by atoms with van der Waals surface area (Å²) in [6, 6.07) is 0. The van der Waals surface area contributed by atoms with E-state index in [2.05, 4.69) is 60.5 Å². The minimum absolute atomic E-state index is 0.0344. The predicted molar refractivity (Wildman–Crippen MR) is 98.3 cm³/mol. The number of rotatable bonds is 4. The maximum Gasteiger partial charge on any atom is 0.227 e. The molecule has 118 valence electrons. The lowest BCUT2D eigenvalue weighted by molar-refractivity contribution is 0.545. The molecule has 0 saturated carbocycles.